The summed E-state index contributed by atoms with van der Waals surface area (Å²) in [6.07, 6.45) is 2.12. The fourth-order valence-electron chi connectivity index (χ4n) is 2.42. The van der Waals surface area contributed by atoms with Crippen molar-refractivity contribution in [1.29, 1.82) is 0 Å². The predicted molar refractivity (Wildman–Crippen MR) is 80.8 cm³/mol. The van der Waals surface area contributed by atoms with Crippen LogP contribution in [0.5, 0.6) is 0 Å². The van der Waals surface area contributed by atoms with E-state index in [9.17, 15) is 0 Å². The van der Waals surface area contributed by atoms with Gasteiger partial charge in [0.2, 0.25) is 5.69 Å². The lowest BCUT2D eigenvalue weighted by Crippen LogP contribution is -2.42. The SMILES string of the molecule is Cc1cccc([Si](C)(C)C)c1-c1cccc[n+]1C. The Hall–Kier alpha value is -1.41. The standard InChI is InChI=1S/C16H22NSi/c1-13-9-8-11-15(18(3,4)5)16(13)14-10-6-7-12-17(14)2/h6-12H,1-5H3/q+1. The third-order valence-electron chi connectivity index (χ3n) is 3.39. The number of rotatable bonds is 2. The normalized spacial score (nSPS) is 11.6. The number of benzene rings is 1. The zero-order chi connectivity index (χ0) is 13.3. The van der Waals surface area contributed by atoms with Crippen molar-refractivity contribution in [2.24, 2.45) is 7.05 Å². The van der Waals surface area contributed by atoms with Gasteiger partial charge in [0.05, 0.1) is 8.07 Å². The number of hydrogen-bond acceptors (Lipinski definition) is 0. The fraction of sp³-hybridized carbons (Fsp3) is 0.312. The molecule has 0 aliphatic carbocycles. The lowest BCUT2D eigenvalue weighted by atomic mass is 10.0. The molecule has 0 aliphatic rings. The summed E-state index contributed by atoms with van der Waals surface area (Å²) in [4.78, 5) is 0. The summed E-state index contributed by atoms with van der Waals surface area (Å²) in [5, 5.41) is 1.55. The highest BCUT2D eigenvalue weighted by Gasteiger charge is 2.25. The number of nitrogens with zero attached hydrogens (tertiary/aromatic N) is 1. The Morgan fingerprint density at radius 3 is 2.28 bits per heavy atom. The topological polar surface area (TPSA) is 3.88 Å². The summed E-state index contributed by atoms with van der Waals surface area (Å²) < 4.78 is 2.21. The summed E-state index contributed by atoms with van der Waals surface area (Å²) in [7, 11) is 0.792. The molecule has 0 amide bonds. The molecule has 1 aromatic carbocycles. The second kappa shape index (κ2) is 4.69. The fourth-order valence-corrected chi connectivity index (χ4v) is 4.09. The molecular formula is C16H22NSi+. The van der Waals surface area contributed by atoms with Crippen molar-refractivity contribution in [2.45, 2.75) is 26.6 Å². The number of hydrogen-bond donors (Lipinski definition) is 0. The monoisotopic (exact) mass is 256 g/mol. The molecule has 0 radical (unpaired) electrons. The zero-order valence-electron chi connectivity index (χ0n) is 12.0. The molecule has 0 spiro atoms. The minimum absolute atomic E-state index is 1.31. The molecular weight excluding hydrogens is 234 g/mol. The molecule has 0 atom stereocenters. The minimum Gasteiger partial charge on any atom is -0.201 e. The second-order valence-corrected chi connectivity index (χ2v) is 11.0. The van der Waals surface area contributed by atoms with Gasteiger partial charge in [-0.3, -0.25) is 0 Å². The smallest absolute Gasteiger partial charge is 0.201 e. The van der Waals surface area contributed by atoms with E-state index in [2.05, 4.69) is 80.8 Å². The molecule has 0 aliphatic heterocycles. The summed E-state index contributed by atoms with van der Waals surface area (Å²) >= 11 is 0. The predicted octanol–water partition coefficient (Wildman–Crippen LogP) is 3.03. The van der Waals surface area contributed by atoms with Crippen molar-refractivity contribution in [3.05, 3.63) is 48.2 Å². The average molecular weight is 256 g/mol. The van der Waals surface area contributed by atoms with Crippen molar-refractivity contribution in [3.8, 4) is 11.3 Å². The first-order valence-corrected chi connectivity index (χ1v) is 9.96. The van der Waals surface area contributed by atoms with Gasteiger partial charge in [0, 0.05) is 17.7 Å². The lowest BCUT2D eigenvalue weighted by molar-refractivity contribution is -0.660. The van der Waals surface area contributed by atoms with Gasteiger partial charge in [-0.2, -0.15) is 0 Å². The largest absolute Gasteiger partial charge is 0.212 e. The van der Waals surface area contributed by atoms with Crippen LogP contribution in [0.1, 0.15) is 5.56 Å². The van der Waals surface area contributed by atoms with Gasteiger partial charge < -0.3 is 0 Å². The first-order chi connectivity index (χ1) is 8.41. The molecule has 0 bridgehead atoms. The highest BCUT2D eigenvalue weighted by molar-refractivity contribution is 6.89. The molecule has 0 fully saturated rings. The maximum atomic E-state index is 2.41. The summed E-state index contributed by atoms with van der Waals surface area (Å²) in [5.41, 5.74) is 4.12. The Labute approximate surface area is 111 Å². The van der Waals surface area contributed by atoms with E-state index in [1.54, 1.807) is 5.19 Å². The van der Waals surface area contributed by atoms with Gasteiger partial charge in [0.25, 0.3) is 0 Å². The Morgan fingerprint density at radius 1 is 0.944 bits per heavy atom. The maximum Gasteiger partial charge on any atom is 0.212 e. The third-order valence-corrected chi connectivity index (χ3v) is 5.42. The molecule has 1 nitrogen and oxygen atoms in total. The van der Waals surface area contributed by atoms with E-state index in [0.29, 0.717) is 0 Å². The first-order valence-electron chi connectivity index (χ1n) is 6.46. The molecule has 18 heavy (non-hydrogen) atoms. The minimum atomic E-state index is -1.33. The van der Waals surface area contributed by atoms with Gasteiger partial charge >= 0.3 is 0 Å². The van der Waals surface area contributed by atoms with Crippen LogP contribution in [0.25, 0.3) is 11.3 Å². The van der Waals surface area contributed by atoms with Crippen molar-refractivity contribution < 1.29 is 4.57 Å². The van der Waals surface area contributed by atoms with Crippen LogP contribution >= 0.6 is 0 Å². The van der Waals surface area contributed by atoms with Crippen LogP contribution in [0.3, 0.4) is 0 Å². The van der Waals surface area contributed by atoms with Crippen LogP contribution in [-0.2, 0) is 7.05 Å². The Kier molecular flexibility index (Phi) is 3.40. The van der Waals surface area contributed by atoms with Crippen molar-refractivity contribution >= 4 is 13.3 Å². The van der Waals surface area contributed by atoms with E-state index in [4.69, 9.17) is 0 Å². The highest BCUT2D eigenvalue weighted by atomic mass is 28.3. The van der Waals surface area contributed by atoms with Crippen LogP contribution in [-0.4, -0.2) is 8.07 Å². The molecule has 0 unspecified atom stereocenters. The van der Waals surface area contributed by atoms with Crippen LogP contribution in [0, 0.1) is 6.92 Å². The zero-order valence-corrected chi connectivity index (χ0v) is 13.0. The van der Waals surface area contributed by atoms with Gasteiger partial charge in [-0.05, 0) is 23.7 Å². The molecule has 0 saturated carbocycles. The molecule has 2 aromatic rings. The van der Waals surface area contributed by atoms with Gasteiger partial charge in [0.15, 0.2) is 6.20 Å². The molecule has 1 heterocycles. The number of aromatic nitrogens is 1. The molecule has 94 valence electrons. The van der Waals surface area contributed by atoms with E-state index in [0.717, 1.165) is 0 Å². The summed E-state index contributed by atoms with van der Waals surface area (Å²) in [5.74, 6) is 0. The van der Waals surface area contributed by atoms with Crippen LogP contribution in [0.2, 0.25) is 19.6 Å². The Morgan fingerprint density at radius 2 is 1.67 bits per heavy atom. The quantitative estimate of drug-likeness (QED) is 0.574. The third kappa shape index (κ3) is 2.39. The van der Waals surface area contributed by atoms with Crippen LogP contribution in [0.4, 0.5) is 0 Å². The molecule has 2 heteroatoms. The highest BCUT2D eigenvalue weighted by Crippen LogP contribution is 2.21. The van der Waals surface area contributed by atoms with Gasteiger partial charge in [-0.25, -0.2) is 4.57 Å². The van der Waals surface area contributed by atoms with Gasteiger partial charge in [-0.15, -0.1) is 0 Å². The van der Waals surface area contributed by atoms with E-state index in [1.165, 1.54) is 16.8 Å². The van der Waals surface area contributed by atoms with Gasteiger partial charge in [0.1, 0.15) is 7.05 Å². The molecule has 0 saturated heterocycles. The Balaban J connectivity index is 2.75. The van der Waals surface area contributed by atoms with Crippen molar-refractivity contribution in [1.82, 2.24) is 0 Å². The molecule has 1 aromatic heterocycles. The number of aryl methyl sites for hydroxylation is 2. The first kappa shape index (κ1) is 13.0. The summed E-state index contributed by atoms with van der Waals surface area (Å²) in [6.45, 7) is 9.45. The lowest BCUT2D eigenvalue weighted by Gasteiger charge is -2.21. The van der Waals surface area contributed by atoms with E-state index < -0.39 is 8.07 Å². The molecule has 2 rings (SSSR count). The van der Waals surface area contributed by atoms with Crippen molar-refractivity contribution in [2.75, 3.05) is 0 Å². The molecule has 0 N–H and O–H groups in total. The van der Waals surface area contributed by atoms with Crippen LogP contribution in [0.15, 0.2) is 42.6 Å². The van der Waals surface area contributed by atoms with Crippen LogP contribution < -0.4 is 9.75 Å². The number of pyridine rings is 1. The Bertz CT molecular complexity index is 568. The second-order valence-electron chi connectivity index (χ2n) is 5.94. The van der Waals surface area contributed by atoms with Crippen molar-refractivity contribution in [3.63, 3.8) is 0 Å². The van der Waals surface area contributed by atoms with E-state index in [-0.39, 0.29) is 0 Å². The average Bonchev–Trinajstić information content (AvgIpc) is 2.29. The van der Waals surface area contributed by atoms with Gasteiger partial charge in [-0.1, -0.05) is 37.8 Å². The van der Waals surface area contributed by atoms with E-state index in [1.807, 2.05) is 0 Å². The van der Waals surface area contributed by atoms with E-state index >= 15 is 0 Å². The summed E-state index contributed by atoms with van der Waals surface area (Å²) in [6, 6.07) is 13.1. The maximum absolute atomic E-state index is 2.41.